The number of hydrogen-bond donors (Lipinski definition) is 2. The number of phenols is 1. The van der Waals surface area contributed by atoms with Crippen molar-refractivity contribution >= 4 is 32.7 Å². The van der Waals surface area contributed by atoms with Gasteiger partial charge in [-0.15, -0.1) is 0 Å². The summed E-state index contributed by atoms with van der Waals surface area (Å²) in [6.07, 6.45) is 0. The SMILES string of the molecule is Nc1nc(Br)nc2ccc(O)cc12. The third kappa shape index (κ3) is 1.42. The Balaban J connectivity index is 2.87. The lowest BCUT2D eigenvalue weighted by Gasteiger charge is -2.01. The Bertz CT molecular complexity index is 472. The second kappa shape index (κ2) is 2.85. The van der Waals surface area contributed by atoms with E-state index in [0.717, 1.165) is 0 Å². The second-order valence-electron chi connectivity index (χ2n) is 2.58. The van der Waals surface area contributed by atoms with Crippen molar-refractivity contribution in [3.63, 3.8) is 0 Å². The number of hydrogen-bond acceptors (Lipinski definition) is 4. The van der Waals surface area contributed by atoms with Gasteiger partial charge in [0.2, 0.25) is 0 Å². The van der Waals surface area contributed by atoms with Crippen LogP contribution in [0.5, 0.6) is 5.75 Å². The molecule has 0 spiro atoms. The number of nitrogens with zero attached hydrogens (tertiary/aromatic N) is 2. The van der Waals surface area contributed by atoms with Crippen LogP contribution < -0.4 is 5.73 Å². The van der Waals surface area contributed by atoms with Gasteiger partial charge in [0.05, 0.1) is 5.52 Å². The predicted octanol–water partition coefficient (Wildman–Crippen LogP) is 1.68. The first-order valence-electron chi connectivity index (χ1n) is 3.58. The minimum absolute atomic E-state index is 0.158. The molecule has 13 heavy (non-hydrogen) atoms. The Morgan fingerprint density at radius 3 is 2.85 bits per heavy atom. The Labute approximate surface area is 82.6 Å². The van der Waals surface area contributed by atoms with Crippen LogP contribution in [0.1, 0.15) is 0 Å². The largest absolute Gasteiger partial charge is 0.508 e. The van der Waals surface area contributed by atoms with Gasteiger partial charge in [0.15, 0.2) is 4.73 Å². The first-order chi connectivity index (χ1) is 6.16. The second-order valence-corrected chi connectivity index (χ2v) is 3.29. The molecule has 66 valence electrons. The maximum Gasteiger partial charge on any atom is 0.199 e. The molecule has 0 amide bonds. The van der Waals surface area contributed by atoms with Crippen molar-refractivity contribution in [1.29, 1.82) is 0 Å². The smallest absolute Gasteiger partial charge is 0.199 e. The summed E-state index contributed by atoms with van der Waals surface area (Å²) in [6, 6.07) is 4.78. The van der Waals surface area contributed by atoms with E-state index in [1.807, 2.05) is 0 Å². The van der Waals surface area contributed by atoms with Crippen LogP contribution in [0, 0.1) is 0 Å². The van der Waals surface area contributed by atoms with Crippen molar-refractivity contribution in [3.05, 3.63) is 22.9 Å². The fourth-order valence-corrected chi connectivity index (χ4v) is 1.49. The number of benzene rings is 1. The third-order valence-corrected chi connectivity index (χ3v) is 2.04. The van der Waals surface area contributed by atoms with E-state index < -0.39 is 0 Å². The van der Waals surface area contributed by atoms with E-state index in [1.165, 1.54) is 6.07 Å². The lowest BCUT2D eigenvalue weighted by Crippen LogP contribution is -1.94. The highest BCUT2D eigenvalue weighted by molar-refractivity contribution is 9.10. The van der Waals surface area contributed by atoms with Crippen molar-refractivity contribution in [2.75, 3.05) is 5.73 Å². The number of rotatable bonds is 0. The fourth-order valence-electron chi connectivity index (χ4n) is 1.11. The Hall–Kier alpha value is -1.36. The molecule has 0 aliphatic rings. The molecule has 0 radical (unpaired) electrons. The zero-order valence-corrected chi connectivity index (χ0v) is 8.12. The number of nitrogens with two attached hydrogens (primary N) is 1. The third-order valence-electron chi connectivity index (χ3n) is 1.68. The molecule has 2 rings (SSSR count). The maximum atomic E-state index is 9.20. The lowest BCUT2D eigenvalue weighted by atomic mass is 10.2. The molecule has 0 unspecified atom stereocenters. The monoisotopic (exact) mass is 239 g/mol. The molecule has 0 fully saturated rings. The molecule has 4 nitrogen and oxygen atoms in total. The number of phenolic OH excluding ortho intramolecular Hbond substituents is 1. The molecule has 5 heteroatoms. The minimum atomic E-state index is 0.158. The van der Waals surface area contributed by atoms with Crippen LogP contribution >= 0.6 is 15.9 Å². The summed E-state index contributed by atoms with van der Waals surface area (Å²) >= 11 is 3.14. The van der Waals surface area contributed by atoms with Gasteiger partial charge in [-0.2, -0.15) is 0 Å². The van der Waals surface area contributed by atoms with Crippen LogP contribution in [-0.4, -0.2) is 15.1 Å². The van der Waals surface area contributed by atoms with Crippen molar-refractivity contribution in [1.82, 2.24) is 9.97 Å². The van der Waals surface area contributed by atoms with Crippen molar-refractivity contribution < 1.29 is 5.11 Å². The van der Waals surface area contributed by atoms with Crippen molar-refractivity contribution in [2.45, 2.75) is 0 Å². The Kier molecular flexibility index (Phi) is 1.81. The lowest BCUT2D eigenvalue weighted by molar-refractivity contribution is 0.476. The maximum absolute atomic E-state index is 9.20. The van der Waals surface area contributed by atoms with Gasteiger partial charge in [-0.1, -0.05) is 0 Å². The van der Waals surface area contributed by atoms with Crippen LogP contribution in [0.2, 0.25) is 0 Å². The molecule has 0 bridgehead atoms. The van der Waals surface area contributed by atoms with Crippen LogP contribution in [-0.2, 0) is 0 Å². The fraction of sp³-hybridized carbons (Fsp3) is 0. The predicted molar refractivity (Wildman–Crippen MR) is 53.3 cm³/mol. The number of fused-ring (bicyclic) bond motifs is 1. The summed E-state index contributed by atoms with van der Waals surface area (Å²) in [7, 11) is 0. The summed E-state index contributed by atoms with van der Waals surface area (Å²) in [5.41, 5.74) is 6.34. The van der Waals surface area contributed by atoms with Crippen LogP contribution in [0.15, 0.2) is 22.9 Å². The molecule has 0 saturated heterocycles. The molecule has 0 aliphatic carbocycles. The van der Waals surface area contributed by atoms with Gasteiger partial charge in [0.1, 0.15) is 11.6 Å². The van der Waals surface area contributed by atoms with Crippen molar-refractivity contribution in [2.24, 2.45) is 0 Å². The van der Waals surface area contributed by atoms with Crippen LogP contribution in [0.3, 0.4) is 0 Å². The molecule has 2 aromatic rings. The molecule has 1 aromatic carbocycles. The topological polar surface area (TPSA) is 72.0 Å². The summed E-state index contributed by atoms with van der Waals surface area (Å²) < 4.78 is 0.447. The standard InChI is InChI=1S/C8H6BrN3O/c9-8-11-6-2-1-4(13)3-5(6)7(10)12-8/h1-3,13H,(H2,10,11,12). The van der Waals surface area contributed by atoms with Crippen LogP contribution in [0.4, 0.5) is 5.82 Å². The first kappa shape index (κ1) is 8.25. The normalized spacial score (nSPS) is 10.5. The van der Waals surface area contributed by atoms with E-state index in [9.17, 15) is 5.11 Å². The van der Waals surface area contributed by atoms with Crippen molar-refractivity contribution in [3.8, 4) is 5.75 Å². The first-order valence-corrected chi connectivity index (χ1v) is 4.38. The molecule has 0 atom stereocenters. The number of anilines is 1. The zero-order chi connectivity index (χ0) is 9.42. The Morgan fingerprint density at radius 1 is 1.31 bits per heavy atom. The van der Waals surface area contributed by atoms with E-state index in [1.54, 1.807) is 12.1 Å². The minimum Gasteiger partial charge on any atom is -0.508 e. The highest BCUT2D eigenvalue weighted by Crippen LogP contribution is 2.23. The van der Waals surface area contributed by atoms with Gasteiger partial charge in [-0.05, 0) is 34.1 Å². The molecule has 0 aliphatic heterocycles. The van der Waals surface area contributed by atoms with Gasteiger partial charge in [-0.3, -0.25) is 0 Å². The van der Waals surface area contributed by atoms with Gasteiger partial charge < -0.3 is 10.8 Å². The number of aromatic hydroxyl groups is 1. The van der Waals surface area contributed by atoms with Gasteiger partial charge in [-0.25, -0.2) is 9.97 Å². The molecule has 1 aromatic heterocycles. The highest BCUT2D eigenvalue weighted by atomic mass is 79.9. The molecular weight excluding hydrogens is 234 g/mol. The van der Waals surface area contributed by atoms with E-state index in [-0.39, 0.29) is 5.75 Å². The Morgan fingerprint density at radius 2 is 2.08 bits per heavy atom. The number of nitrogen functional groups attached to an aromatic ring is 1. The van der Waals surface area contributed by atoms with Crippen LogP contribution in [0.25, 0.3) is 10.9 Å². The van der Waals surface area contributed by atoms with Gasteiger partial charge in [0.25, 0.3) is 0 Å². The summed E-state index contributed by atoms with van der Waals surface area (Å²) in [5.74, 6) is 0.512. The quantitative estimate of drug-likeness (QED) is 0.687. The summed E-state index contributed by atoms with van der Waals surface area (Å²) in [4.78, 5) is 8.01. The average molecular weight is 240 g/mol. The van der Waals surface area contributed by atoms with E-state index >= 15 is 0 Å². The molecule has 1 heterocycles. The summed E-state index contributed by atoms with van der Waals surface area (Å²) in [5, 5.41) is 9.86. The number of halogens is 1. The summed E-state index contributed by atoms with van der Waals surface area (Å²) in [6.45, 7) is 0. The molecule has 0 saturated carbocycles. The van der Waals surface area contributed by atoms with Gasteiger partial charge >= 0.3 is 0 Å². The van der Waals surface area contributed by atoms with Gasteiger partial charge in [0, 0.05) is 5.39 Å². The van der Waals surface area contributed by atoms with E-state index in [0.29, 0.717) is 21.5 Å². The average Bonchev–Trinajstić information content (AvgIpc) is 2.06. The number of aromatic nitrogens is 2. The zero-order valence-electron chi connectivity index (χ0n) is 6.53. The molecule has 3 N–H and O–H groups in total. The molecular formula is C8H6BrN3O. The van der Waals surface area contributed by atoms with E-state index in [2.05, 4.69) is 25.9 Å². The van der Waals surface area contributed by atoms with E-state index in [4.69, 9.17) is 5.73 Å². The highest BCUT2D eigenvalue weighted by Gasteiger charge is 2.03.